The summed E-state index contributed by atoms with van der Waals surface area (Å²) in [5.74, 6) is -1.51. The summed E-state index contributed by atoms with van der Waals surface area (Å²) in [5.41, 5.74) is 0. The number of carbonyl (C=O) groups is 2. The van der Waals surface area contributed by atoms with Crippen LogP contribution >= 0.6 is 11.8 Å². The molecule has 0 aliphatic carbocycles. The molecule has 0 aliphatic rings. The van der Waals surface area contributed by atoms with Crippen molar-refractivity contribution in [2.24, 2.45) is 0 Å². The molecule has 0 saturated carbocycles. The van der Waals surface area contributed by atoms with Gasteiger partial charge < -0.3 is 10.2 Å². The largest absolute Gasteiger partial charge is 0.481 e. The third kappa shape index (κ3) is 34.0. The van der Waals surface area contributed by atoms with Gasteiger partial charge in [-0.15, -0.1) is 0 Å². The molecule has 0 heterocycles. The molecule has 0 aliphatic heterocycles. The number of carboxylic acid groups (broad SMARTS) is 2. The zero-order chi connectivity index (χ0) is 31.6. The van der Waals surface area contributed by atoms with Crippen LogP contribution in [0.4, 0.5) is 0 Å². The first-order chi connectivity index (χ1) is 21.0. The van der Waals surface area contributed by atoms with Gasteiger partial charge in [-0.1, -0.05) is 194 Å². The zero-order valence-corrected chi connectivity index (χ0v) is 29.7. The summed E-state index contributed by atoms with van der Waals surface area (Å²) in [6.45, 7) is 4.54. The van der Waals surface area contributed by atoms with Crippen molar-refractivity contribution in [3.63, 3.8) is 0 Å². The Labute approximate surface area is 272 Å². The van der Waals surface area contributed by atoms with Crippen molar-refractivity contribution in [3.05, 3.63) is 0 Å². The van der Waals surface area contributed by atoms with E-state index in [0.29, 0.717) is 0 Å². The van der Waals surface area contributed by atoms with E-state index in [1.807, 2.05) is 0 Å². The lowest BCUT2D eigenvalue weighted by Gasteiger charge is -2.21. The monoisotopic (exact) mass is 627 g/mol. The maximum atomic E-state index is 11.5. The van der Waals surface area contributed by atoms with E-state index in [4.69, 9.17) is 0 Å². The maximum absolute atomic E-state index is 11.5. The van der Waals surface area contributed by atoms with Gasteiger partial charge in [0.1, 0.15) is 0 Å². The highest BCUT2D eigenvalue weighted by molar-refractivity contribution is 8.00. The van der Waals surface area contributed by atoms with Crippen molar-refractivity contribution < 1.29 is 19.8 Å². The van der Waals surface area contributed by atoms with Crippen LogP contribution in [0.5, 0.6) is 0 Å². The Morgan fingerprint density at radius 2 is 0.605 bits per heavy atom. The van der Waals surface area contributed by atoms with Gasteiger partial charge in [0.2, 0.25) is 0 Å². The Morgan fingerprint density at radius 3 is 0.814 bits per heavy atom. The van der Waals surface area contributed by atoms with E-state index < -0.39 is 11.9 Å². The summed E-state index contributed by atoms with van der Waals surface area (Å²) in [7, 11) is 0. The predicted molar refractivity (Wildman–Crippen MR) is 190 cm³/mol. The van der Waals surface area contributed by atoms with E-state index >= 15 is 0 Å². The van der Waals surface area contributed by atoms with Crippen LogP contribution in [0.2, 0.25) is 0 Å². The first kappa shape index (κ1) is 42.3. The van der Waals surface area contributed by atoms with E-state index in [9.17, 15) is 19.8 Å². The summed E-state index contributed by atoms with van der Waals surface area (Å²) < 4.78 is 0. The number of hydrogen-bond acceptors (Lipinski definition) is 3. The minimum atomic E-state index is -0.756. The Morgan fingerprint density at radius 1 is 0.395 bits per heavy atom. The van der Waals surface area contributed by atoms with Crippen LogP contribution in [0.25, 0.3) is 0 Å². The van der Waals surface area contributed by atoms with Crippen molar-refractivity contribution in [2.75, 3.05) is 0 Å². The number of aliphatic carboxylic acids is 2. The zero-order valence-electron chi connectivity index (χ0n) is 28.9. The molecular formula is C38H74O4S. The number of carboxylic acids is 2. The highest BCUT2D eigenvalue weighted by Crippen LogP contribution is 2.31. The minimum absolute atomic E-state index is 0.0332. The molecule has 2 N–H and O–H groups in total. The van der Waals surface area contributed by atoms with Crippen LogP contribution in [0.1, 0.15) is 219 Å². The molecule has 0 fully saturated rings. The minimum Gasteiger partial charge on any atom is -0.481 e. The van der Waals surface area contributed by atoms with Gasteiger partial charge in [-0.25, -0.2) is 0 Å². The molecule has 0 bridgehead atoms. The first-order valence-electron chi connectivity index (χ1n) is 19.1. The molecule has 256 valence electrons. The molecule has 0 spiro atoms. The molecule has 2 unspecified atom stereocenters. The fourth-order valence-electron chi connectivity index (χ4n) is 6.23. The van der Waals surface area contributed by atoms with Gasteiger partial charge in [0, 0.05) is 10.5 Å². The Bertz CT molecular complexity index is 546. The molecular weight excluding hydrogens is 552 g/mol. The van der Waals surface area contributed by atoms with Gasteiger partial charge in [-0.2, -0.15) is 11.8 Å². The summed E-state index contributed by atoms with van der Waals surface area (Å²) in [5, 5.41) is 19.0. The molecule has 0 saturated heterocycles. The van der Waals surface area contributed by atoms with Crippen LogP contribution in [-0.4, -0.2) is 32.7 Å². The predicted octanol–water partition coefficient (Wildman–Crippen LogP) is 13.1. The second-order valence-corrected chi connectivity index (χ2v) is 15.0. The Balaban J connectivity index is 3.98. The summed E-state index contributed by atoms with van der Waals surface area (Å²) >= 11 is 1.66. The Hall–Kier alpha value is -0.710. The molecule has 5 heteroatoms. The van der Waals surface area contributed by atoms with Crippen molar-refractivity contribution >= 4 is 23.7 Å². The van der Waals surface area contributed by atoms with E-state index in [1.54, 1.807) is 11.8 Å². The normalized spacial score (nSPS) is 12.9. The molecule has 0 rings (SSSR count). The van der Waals surface area contributed by atoms with Crippen LogP contribution in [0, 0.1) is 0 Å². The maximum Gasteiger partial charge on any atom is 0.304 e. The highest BCUT2D eigenvalue weighted by Gasteiger charge is 2.21. The van der Waals surface area contributed by atoms with Crippen molar-refractivity contribution in [3.8, 4) is 0 Å². The first-order valence-corrected chi connectivity index (χ1v) is 20.0. The van der Waals surface area contributed by atoms with E-state index in [-0.39, 0.29) is 23.3 Å². The lowest BCUT2D eigenvalue weighted by molar-refractivity contribution is -0.137. The third-order valence-electron chi connectivity index (χ3n) is 8.95. The van der Waals surface area contributed by atoms with Gasteiger partial charge in [0.25, 0.3) is 0 Å². The van der Waals surface area contributed by atoms with Crippen LogP contribution in [-0.2, 0) is 9.59 Å². The van der Waals surface area contributed by atoms with Gasteiger partial charge in [-0.3, -0.25) is 9.59 Å². The summed E-state index contributed by atoms with van der Waals surface area (Å²) in [6, 6.07) is 0. The third-order valence-corrected chi connectivity index (χ3v) is 10.5. The summed E-state index contributed by atoms with van der Waals surface area (Å²) in [4.78, 5) is 23.1. The SMILES string of the molecule is CCCCCCCCCCCCCCCCC(CC(=O)O)SC(CCCCCCCCCCCCCCCC)CC(=O)O. The smallest absolute Gasteiger partial charge is 0.304 e. The molecule has 4 nitrogen and oxygen atoms in total. The molecule has 2 atom stereocenters. The number of hydrogen-bond donors (Lipinski definition) is 2. The molecule has 0 aromatic carbocycles. The summed E-state index contributed by atoms with van der Waals surface area (Å²) in [6.07, 6.45) is 39.1. The second kappa shape index (κ2) is 34.2. The van der Waals surface area contributed by atoms with Crippen molar-refractivity contribution in [2.45, 2.75) is 230 Å². The highest BCUT2D eigenvalue weighted by atomic mass is 32.2. The molecule has 0 aromatic rings. The number of unbranched alkanes of at least 4 members (excludes halogenated alkanes) is 26. The van der Waals surface area contributed by atoms with Gasteiger partial charge in [0.05, 0.1) is 12.8 Å². The Kier molecular flexibility index (Phi) is 33.6. The van der Waals surface area contributed by atoms with E-state index in [2.05, 4.69) is 13.8 Å². The molecule has 0 amide bonds. The fraction of sp³-hybridized carbons (Fsp3) is 0.947. The molecule has 0 radical (unpaired) electrons. The average Bonchev–Trinajstić information content (AvgIpc) is 2.96. The van der Waals surface area contributed by atoms with Crippen LogP contribution < -0.4 is 0 Å². The van der Waals surface area contributed by atoms with Gasteiger partial charge >= 0.3 is 11.9 Å². The molecule has 43 heavy (non-hydrogen) atoms. The molecule has 0 aromatic heterocycles. The number of thioether (sulfide) groups is 1. The topological polar surface area (TPSA) is 74.6 Å². The van der Waals surface area contributed by atoms with Crippen molar-refractivity contribution in [1.29, 1.82) is 0 Å². The number of rotatable bonds is 36. The standard InChI is InChI=1S/C38H74O4S/c1-3-5-7-9-11-13-15-17-19-21-23-25-27-29-31-35(33-37(39)40)43-36(34-38(41)42)32-30-28-26-24-22-20-18-16-14-12-10-8-6-4-2/h35-36H,3-34H2,1-2H3,(H,39,40)(H,41,42). The van der Waals surface area contributed by atoms with Gasteiger partial charge in [0.15, 0.2) is 0 Å². The van der Waals surface area contributed by atoms with E-state index in [0.717, 1.165) is 38.5 Å². The van der Waals surface area contributed by atoms with E-state index in [1.165, 1.54) is 154 Å². The quantitative estimate of drug-likeness (QED) is 0.0677. The van der Waals surface area contributed by atoms with Crippen LogP contribution in [0.15, 0.2) is 0 Å². The van der Waals surface area contributed by atoms with Crippen LogP contribution in [0.3, 0.4) is 0 Å². The fourth-order valence-corrected chi connectivity index (χ4v) is 7.86. The van der Waals surface area contributed by atoms with Gasteiger partial charge in [-0.05, 0) is 12.8 Å². The lowest BCUT2D eigenvalue weighted by Crippen LogP contribution is -2.18. The lowest BCUT2D eigenvalue weighted by atomic mass is 10.0. The average molecular weight is 627 g/mol. The van der Waals surface area contributed by atoms with Crippen molar-refractivity contribution in [1.82, 2.24) is 0 Å². The second-order valence-electron chi connectivity index (χ2n) is 13.3.